The molecule has 1 aliphatic carbocycles. The second-order valence-electron chi connectivity index (χ2n) is 6.02. The third-order valence-electron chi connectivity index (χ3n) is 4.53. The van der Waals surface area contributed by atoms with E-state index in [0.29, 0.717) is 21.8 Å². The Hall–Kier alpha value is -2.32. The molecule has 4 rings (SSSR count). The second-order valence-corrected chi connectivity index (χ2v) is 7.99. The first kappa shape index (κ1) is 15.2. The quantitative estimate of drug-likeness (QED) is 0.752. The predicted molar refractivity (Wildman–Crippen MR) is 90.9 cm³/mol. The van der Waals surface area contributed by atoms with E-state index in [1.807, 2.05) is 0 Å². The van der Waals surface area contributed by atoms with Crippen LogP contribution in [0.1, 0.15) is 12.8 Å². The third kappa shape index (κ3) is 2.14. The lowest BCUT2D eigenvalue weighted by Crippen LogP contribution is -2.29. The van der Waals surface area contributed by atoms with Crippen molar-refractivity contribution in [3.05, 3.63) is 34.7 Å². The summed E-state index contributed by atoms with van der Waals surface area (Å²) in [6.07, 6.45) is 3.41. The number of pyridine rings is 1. The number of hydrogen-bond donors (Lipinski definition) is 2. The Morgan fingerprint density at radius 2 is 2.00 bits per heavy atom. The first-order valence-electron chi connectivity index (χ1n) is 7.62. The normalized spacial score (nSPS) is 15.5. The van der Waals surface area contributed by atoms with E-state index >= 15 is 0 Å². The number of hydrogen-bond acceptors (Lipinski definition) is 4. The summed E-state index contributed by atoms with van der Waals surface area (Å²) in [7, 11) is -0.652. The van der Waals surface area contributed by atoms with Gasteiger partial charge in [0.15, 0.2) is 0 Å². The smallest absolute Gasteiger partial charge is 0.272 e. The molecular formula is C16H17N3O4S. The summed E-state index contributed by atoms with van der Waals surface area (Å²) in [5, 5.41) is 1.34. The van der Waals surface area contributed by atoms with Crippen LogP contribution in [0.15, 0.2) is 34.1 Å². The minimum absolute atomic E-state index is 0.0539. The van der Waals surface area contributed by atoms with Gasteiger partial charge < -0.3 is 14.7 Å². The summed E-state index contributed by atoms with van der Waals surface area (Å²) >= 11 is 0. The Labute approximate surface area is 138 Å². The van der Waals surface area contributed by atoms with E-state index in [2.05, 4.69) is 9.97 Å². The van der Waals surface area contributed by atoms with Crippen LogP contribution in [0.25, 0.3) is 21.8 Å². The number of nitrogens with one attached hydrogen (secondary N) is 2. The number of rotatable bonds is 4. The minimum Gasteiger partial charge on any atom is -0.495 e. The van der Waals surface area contributed by atoms with Crippen molar-refractivity contribution in [3.63, 3.8) is 0 Å². The summed E-state index contributed by atoms with van der Waals surface area (Å²) in [5.74, 6) is 0.223. The molecule has 0 atom stereocenters. The van der Waals surface area contributed by atoms with Crippen LogP contribution in [0, 0.1) is 0 Å². The number of benzene rings is 1. The molecule has 3 aromatic rings. The lowest BCUT2D eigenvalue weighted by Gasteiger charge is -2.19. The van der Waals surface area contributed by atoms with Crippen LogP contribution in [0.4, 0.5) is 0 Å². The van der Waals surface area contributed by atoms with Crippen LogP contribution in [-0.2, 0) is 10.0 Å². The second kappa shape index (κ2) is 5.09. The van der Waals surface area contributed by atoms with Crippen molar-refractivity contribution < 1.29 is 13.2 Å². The molecule has 1 aromatic carbocycles. The molecule has 0 bridgehead atoms. The fraction of sp³-hybridized carbons (Fsp3) is 0.312. The fourth-order valence-electron chi connectivity index (χ4n) is 3.00. The van der Waals surface area contributed by atoms with E-state index in [-0.39, 0.29) is 22.2 Å². The Kier molecular flexibility index (Phi) is 3.23. The Morgan fingerprint density at radius 3 is 2.67 bits per heavy atom. The Morgan fingerprint density at radius 1 is 1.25 bits per heavy atom. The average molecular weight is 347 g/mol. The summed E-state index contributed by atoms with van der Waals surface area (Å²) in [4.78, 5) is 17.8. The average Bonchev–Trinajstić information content (AvgIpc) is 3.29. The SMILES string of the molecule is COc1cc2[nH]c(=O)c3[nH]ccc3c2cc1S(=O)(=O)N(C)C1CC1. The van der Waals surface area contributed by atoms with Crippen molar-refractivity contribution in [2.24, 2.45) is 0 Å². The van der Waals surface area contributed by atoms with E-state index in [0.717, 1.165) is 12.8 Å². The molecule has 1 saturated carbocycles. The van der Waals surface area contributed by atoms with Gasteiger partial charge in [-0.3, -0.25) is 4.79 Å². The van der Waals surface area contributed by atoms with Crippen LogP contribution < -0.4 is 10.3 Å². The molecule has 7 nitrogen and oxygen atoms in total. The van der Waals surface area contributed by atoms with E-state index in [1.54, 1.807) is 31.4 Å². The first-order chi connectivity index (χ1) is 11.4. The van der Waals surface area contributed by atoms with Crippen LogP contribution in [0.2, 0.25) is 0 Å². The lowest BCUT2D eigenvalue weighted by atomic mass is 10.1. The van der Waals surface area contributed by atoms with Gasteiger partial charge in [0, 0.05) is 36.1 Å². The summed E-state index contributed by atoms with van der Waals surface area (Å²) in [5.41, 5.74) is 0.707. The molecule has 0 radical (unpaired) electrons. The molecule has 0 spiro atoms. The van der Waals surface area contributed by atoms with Gasteiger partial charge in [-0.15, -0.1) is 0 Å². The highest BCUT2D eigenvalue weighted by molar-refractivity contribution is 7.89. The van der Waals surface area contributed by atoms with Crippen LogP contribution >= 0.6 is 0 Å². The van der Waals surface area contributed by atoms with Gasteiger partial charge in [0.05, 0.1) is 12.6 Å². The molecule has 126 valence electrons. The fourth-order valence-corrected chi connectivity index (χ4v) is 4.58. The monoisotopic (exact) mass is 347 g/mol. The molecule has 0 aliphatic heterocycles. The molecule has 2 aromatic heterocycles. The number of aromatic nitrogens is 2. The third-order valence-corrected chi connectivity index (χ3v) is 6.47. The van der Waals surface area contributed by atoms with E-state index in [1.165, 1.54) is 11.4 Å². The number of sulfonamides is 1. The maximum Gasteiger partial charge on any atom is 0.272 e. The highest BCUT2D eigenvalue weighted by atomic mass is 32.2. The maximum atomic E-state index is 12.9. The van der Waals surface area contributed by atoms with Crippen molar-refractivity contribution in [3.8, 4) is 5.75 Å². The zero-order valence-electron chi connectivity index (χ0n) is 13.3. The van der Waals surface area contributed by atoms with Crippen molar-refractivity contribution in [2.45, 2.75) is 23.8 Å². The standard InChI is InChI=1S/C16H17N3O4S/c1-19(9-3-4-9)24(21,22)14-7-11-10-5-6-17-15(10)16(20)18-12(11)8-13(14)23-2/h5-9,17H,3-4H2,1-2H3,(H,18,20). The number of ether oxygens (including phenoxy) is 1. The molecular weight excluding hydrogens is 330 g/mol. The van der Waals surface area contributed by atoms with E-state index in [4.69, 9.17) is 4.74 Å². The number of methoxy groups -OCH3 is 1. The molecule has 2 heterocycles. The van der Waals surface area contributed by atoms with Crippen LogP contribution in [0.5, 0.6) is 5.75 Å². The summed E-state index contributed by atoms with van der Waals surface area (Å²) in [6.45, 7) is 0. The Balaban J connectivity index is 2.04. The molecule has 0 saturated heterocycles. The van der Waals surface area contributed by atoms with Crippen molar-refractivity contribution in [2.75, 3.05) is 14.2 Å². The van der Waals surface area contributed by atoms with Gasteiger partial charge in [0.1, 0.15) is 16.2 Å². The molecule has 0 unspecified atom stereocenters. The maximum absolute atomic E-state index is 12.9. The van der Waals surface area contributed by atoms with Crippen LogP contribution in [-0.4, -0.2) is 42.9 Å². The number of fused-ring (bicyclic) bond motifs is 3. The number of nitrogens with zero attached hydrogens (tertiary/aromatic N) is 1. The largest absolute Gasteiger partial charge is 0.495 e. The van der Waals surface area contributed by atoms with E-state index < -0.39 is 10.0 Å². The number of aromatic amines is 2. The topological polar surface area (TPSA) is 95.3 Å². The zero-order valence-corrected chi connectivity index (χ0v) is 14.1. The zero-order chi connectivity index (χ0) is 17.1. The van der Waals surface area contributed by atoms with E-state index in [9.17, 15) is 13.2 Å². The van der Waals surface area contributed by atoms with Gasteiger partial charge in [-0.25, -0.2) is 8.42 Å². The van der Waals surface area contributed by atoms with Gasteiger partial charge in [0.25, 0.3) is 5.56 Å². The molecule has 2 N–H and O–H groups in total. The van der Waals surface area contributed by atoms with Crippen molar-refractivity contribution in [1.29, 1.82) is 0 Å². The van der Waals surface area contributed by atoms with Crippen molar-refractivity contribution >= 4 is 31.8 Å². The molecule has 1 aliphatic rings. The minimum atomic E-state index is -3.67. The highest BCUT2D eigenvalue weighted by Crippen LogP contribution is 2.36. The van der Waals surface area contributed by atoms with Gasteiger partial charge >= 0.3 is 0 Å². The van der Waals surface area contributed by atoms with Gasteiger partial charge in [0.2, 0.25) is 10.0 Å². The first-order valence-corrected chi connectivity index (χ1v) is 9.06. The predicted octanol–water partition coefficient (Wildman–Crippen LogP) is 1.80. The molecule has 24 heavy (non-hydrogen) atoms. The van der Waals surface area contributed by atoms with Crippen molar-refractivity contribution in [1.82, 2.24) is 14.3 Å². The van der Waals surface area contributed by atoms with Gasteiger partial charge in [-0.2, -0.15) is 4.31 Å². The molecule has 8 heteroatoms. The number of H-pyrrole nitrogens is 2. The van der Waals surface area contributed by atoms with Crippen LogP contribution in [0.3, 0.4) is 0 Å². The highest BCUT2D eigenvalue weighted by Gasteiger charge is 2.36. The summed E-state index contributed by atoms with van der Waals surface area (Å²) < 4.78 is 32.6. The summed E-state index contributed by atoms with van der Waals surface area (Å²) in [6, 6.07) is 4.96. The Bertz CT molecular complexity index is 1110. The molecule has 0 amide bonds. The van der Waals surface area contributed by atoms with Gasteiger partial charge in [-0.1, -0.05) is 0 Å². The molecule has 1 fully saturated rings. The van der Waals surface area contributed by atoms with Gasteiger partial charge in [-0.05, 0) is 25.0 Å². The lowest BCUT2D eigenvalue weighted by molar-refractivity contribution is 0.398.